The van der Waals surface area contributed by atoms with E-state index in [1.165, 1.54) is 6.07 Å². The fraction of sp³-hybridized carbons (Fsp3) is 0.565. The van der Waals surface area contributed by atoms with Crippen LogP contribution in [-0.2, 0) is 22.6 Å². The number of benzene rings is 1. The van der Waals surface area contributed by atoms with E-state index in [2.05, 4.69) is 15.5 Å². The maximum atomic E-state index is 14.7. The number of likely N-dealkylation sites (tertiary alicyclic amines) is 1. The van der Waals surface area contributed by atoms with E-state index < -0.39 is 0 Å². The van der Waals surface area contributed by atoms with Crippen molar-refractivity contribution in [2.24, 2.45) is 5.92 Å². The number of fused-ring (bicyclic) bond motifs is 1. The molecule has 0 radical (unpaired) electrons. The van der Waals surface area contributed by atoms with Crippen molar-refractivity contribution in [3.8, 4) is 11.4 Å². The normalized spacial score (nSPS) is 21.9. The number of nitrogens with zero attached hydrogens (tertiary/aromatic N) is 4. The van der Waals surface area contributed by atoms with Gasteiger partial charge in [0, 0.05) is 37.7 Å². The van der Waals surface area contributed by atoms with E-state index in [1.807, 2.05) is 9.47 Å². The Morgan fingerprint density at radius 3 is 2.77 bits per heavy atom. The quantitative estimate of drug-likeness (QED) is 0.813. The van der Waals surface area contributed by atoms with Crippen LogP contribution in [0.4, 0.5) is 10.1 Å². The standard InChI is InChI=1S/C23H28FN5O2/c24-19-10-9-16(13-18(19)22-27-26-20-8-2-1-5-11-28(20)22)25-23(31)15-12-21(30)29(14-15)17-6-3-4-7-17/h9-10,13,15,17H,1-8,11-12,14H2,(H,25,31). The highest BCUT2D eigenvalue weighted by atomic mass is 19.1. The Morgan fingerprint density at radius 1 is 1.10 bits per heavy atom. The van der Waals surface area contributed by atoms with Crippen LogP contribution in [-0.4, -0.2) is 44.1 Å². The van der Waals surface area contributed by atoms with Crippen LogP contribution in [0.1, 0.15) is 57.2 Å². The monoisotopic (exact) mass is 425 g/mol. The minimum atomic E-state index is -0.388. The second kappa shape index (κ2) is 8.40. The van der Waals surface area contributed by atoms with Gasteiger partial charge in [-0.25, -0.2) is 4.39 Å². The SMILES string of the molecule is O=C(Nc1ccc(F)c(-c2nnc3n2CCCCC3)c1)C1CC(=O)N(C2CCCC2)C1. The zero-order valence-electron chi connectivity index (χ0n) is 17.6. The van der Waals surface area contributed by atoms with Crippen molar-refractivity contribution in [1.29, 1.82) is 0 Å². The van der Waals surface area contributed by atoms with Crippen molar-refractivity contribution < 1.29 is 14.0 Å². The molecule has 1 aromatic heterocycles. The van der Waals surface area contributed by atoms with Gasteiger partial charge in [-0.3, -0.25) is 9.59 Å². The topological polar surface area (TPSA) is 80.1 Å². The highest BCUT2D eigenvalue weighted by Gasteiger charge is 2.38. The van der Waals surface area contributed by atoms with Gasteiger partial charge in [-0.05, 0) is 43.9 Å². The molecule has 2 fully saturated rings. The van der Waals surface area contributed by atoms with Crippen LogP contribution in [0.2, 0.25) is 0 Å². The molecule has 7 nitrogen and oxygen atoms in total. The van der Waals surface area contributed by atoms with E-state index in [0.717, 1.165) is 63.7 Å². The van der Waals surface area contributed by atoms with Gasteiger partial charge in [-0.1, -0.05) is 19.3 Å². The minimum Gasteiger partial charge on any atom is -0.339 e. The van der Waals surface area contributed by atoms with Gasteiger partial charge < -0.3 is 14.8 Å². The lowest BCUT2D eigenvalue weighted by molar-refractivity contribution is -0.129. The molecular weight excluding hydrogens is 397 g/mol. The number of rotatable bonds is 4. The molecule has 0 bridgehead atoms. The smallest absolute Gasteiger partial charge is 0.229 e. The molecule has 1 aliphatic carbocycles. The summed E-state index contributed by atoms with van der Waals surface area (Å²) in [6.07, 6.45) is 8.66. The lowest BCUT2D eigenvalue weighted by atomic mass is 10.1. The molecule has 5 rings (SSSR count). The van der Waals surface area contributed by atoms with Gasteiger partial charge in [0.1, 0.15) is 11.6 Å². The molecule has 2 aromatic rings. The fourth-order valence-electron chi connectivity index (χ4n) is 5.18. The van der Waals surface area contributed by atoms with Gasteiger partial charge in [0.2, 0.25) is 11.8 Å². The molecular formula is C23H28FN5O2. The number of aryl methyl sites for hydroxylation is 1. The molecule has 8 heteroatoms. The third kappa shape index (κ3) is 3.95. The Balaban J connectivity index is 1.32. The summed E-state index contributed by atoms with van der Waals surface area (Å²) in [5.41, 5.74) is 0.854. The van der Waals surface area contributed by atoms with Gasteiger partial charge in [-0.15, -0.1) is 10.2 Å². The van der Waals surface area contributed by atoms with Crippen LogP contribution in [0, 0.1) is 11.7 Å². The molecule has 1 N–H and O–H groups in total. The molecule has 1 atom stereocenters. The fourth-order valence-corrected chi connectivity index (χ4v) is 5.18. The lowest BCUT2D eigenvalue weighted by Crippen LogP contribution is -2.35. The third-order valence-electron chi connectivity index (χ3n) is 6.88. The lowest BCUT2D eigenvalue weighted by Gasteiger charge is -2.23. The van der Waals surface area contributed by atoms with E-state index in [0.29, 0.717) is 23.6 Å². The van der Waals surface area contributed by atoms with Crippen LogP contribution in [0.15, 0.2) is 18.2 Å². The summed E-state index contributed by atoms with van der Waals surface area (Å²) in [5, 5.41) is 11.4. The first kappa shape index (κ1) is 20.2. The zero-order chi connectivity index (χ0) is 21.4. The Morgan fingerprint density at radius 2 is 1.94 bits per heavy atom. The number of halogens is 1. The molecule has 0 spiro atoms. The molecule has 31 heavy (non-hydrogen) atoms. The Hall–Kier alpha value is -2.77. The summed E-state index contributed by atoms with van der Waals surface area (Å²) < 4.78 is 16.7. The molecule has 1 saturated heterocycles. The maximum absolute atomic E-state index is 14.7. The molecule has 1 unspecified atom stereocenters. The minimum absolute atomic E-state index is 0.0676. The number of amides is 2. The van der Waals surface area contributed by atoms with Crippen molar-refractivity contribution in [3.05, 3.63) is 29.8 Å². The molecule has 3 heterocycles. The van der Waals surface area contributed by atoms with Crippen molar-refractivity contribution in [1.82, 2.24) is 19.7 Å². The highest BCUT2D eigenvalue weighted by molar-refractivity contribution is 5.97. The zero-order valence-corrected chi connectivity index (χ0v) is 17.6. The van der Waals surface area contributed by atoms with Crippen LogP contribution in [0.25, 0.3) is 11.4 Å². The van der Waals surface area contributed by atoms with Crippen LogP contribution < -0.4 is 5.32 Å². The first-order chi connectivity index (χ1) is 15.1. The van der Waals surface area contributed by atoms with Gasteiger partial charge in [0.15, 0.2) is 5.82 Å². The first-order valence-electron chi connectivity index (χ1n) is 11.4. The number of anilines is 1. The second-order valence-electron chi connectivity index (χ2n) is 8.97. The maximum Gasteiger partial charge on any atom is 0.229 e. The molecule has 1 aromatic carbocycles. The Labute approximate surface area is 181 Å². The van der Waals surface area contributed by atoms with E-state index in [4.69, 9.17) is 0 Å². The predicted molar refractivity (Wildman–Crippen MR) is 114 cm³/mol. The van der Waals surface area contributed by atoms with Crippen molar-refractivity contribution in [2.75, 3.05) is 11.9 Å². The van der Waals surface area contributed by atoms with E-state index >= 15 is 0 Å². The molecule has 2 amide bonds. The summed E-state index contributed by atoms with van der Waals surface area (Å²) in [6.45, 7) is 1.25. The summed E-state index contributed by atoms with van der Waals surface area (Å²) in [6, 6.07) is 4.82. The Kier molecular flexibility index (Phi) is 5.46. The average molecular weight is 426 g/mol. The summed E-state index contributed by atoms with van der Waals surface area (Å²) >= 11 is 0. The van der Waals surface area contributed by atoms with Crippen molar-refractivity contribution in [3.63, 3.8) is 0 Å². The van der Waals surface area contributed by atoms with Crippen LogP contribution in [0.5, 0.6) is 0 Å². The second-order valence-corrected chi connectivity index (χ2v) is 8.97. The summed E-state index contributed by atoms with van der Waals surface area (Å²) in [7, 11) is 0. The molecule has 3 aliphatic rings. The molecule has 1 saturated carbocycles. The number of carbonyl (C=O) groups is 2. The molecule has 164 valence electrons. The van der Waals surface area contributed by atoms with Gasteiger partial charge in [0.05, 0.1) is 11.5 Å². The number of carbonyl (C=O) groups excluding carboxylic acids is 2. The van der Waals surface area contributed by atoms with Crippen molar-refractivity contribution >= 4 is 17.5 Å². The Bertz CT molecular complexity index is 998. The number of aromatic nitrogens is 3. The highest BCUT2D eigenvalue weighted by Crippen LogP contribution is 2.31. The summed E-state index contributed by atoms with van der Waals surface area (Å²) in [4.78, 5) is 27.2. The first-order valence-corrected chi connectivity index (χ1v) is 11.4. The predicted octanol–water partition coefficient (Wildman–Crippen LogP) is 3.54. The van der Waals surface area contributed by atoms with Crippen molar-refractivity contribution in [2.45, 2.75) is 70.4 Å². The van der Waals surface area contributed by atoms with Crippen LogP contribution in [0.3, 0.4) is 0 Å². The number of hydrogen-bond donors (Lipinski definition) is 1. The number of hydrogen-bond acceptors (Lipinski definition) is 4. The summed E-state index contributed by atoms with van der Waals surface area (Å²) in [5.74, 6) is 0.517. The average Bonchev–Trinajstić information content (AvgIpc) is 3.47. The van der Waals surface area contributed by atoms with Crippen LogP contribution >= 0.6 is 0 Å². The van der Waals surface area contributed by atoms with Gasteiger partial charge >= 0.3 is 0 Å². The third-order valence-corrected chi connectivity index (χ3v) is 6.88. The molecule has 2 aliphatic heterocycles. The van der Waals surface area contributed by atoms with E-state index in [-0.39, 0.29) is 36.0 Å². The number of nitrogens with one attached hydrogen (secondary N) is 1. The van der Waals surface area contributed by atoms with Gasteiger partial charge in [-0.2, -0.15) is 0 Å². The van der Waals surface area contributed by atoms with E-state index in [9.17, 15) is 14.0 Å². The largest absolute Gasteiger partial charge is 0.339 e. The van der Waals surface area contributed by atoms with Gasteiger partial charge in [0.25, 0.3) is 0 Å². The van der Waals surface area contributed by atoms with E-state index in [1.54, 1.807) is 12.1 Å².